The highest BCUT2D eigenvalue weighted by molar-refractivity contribution is 7.94. The first kappa shape index (κ1) is 12.5. The van der Waals surface area contributed by atoms with Gasteiger partial charge in [0.05, 0.1) is 10.3 Å². The highest BCUT2D eigenvalue weighted by atomic mass is 32.2. The second-order valence-corrected chi connectivity index (χ2v) is 5.63. The van der Waals surface area contributed by atoms with Crippen LogP contribution in [0, 0.1) is 0 Å². The van der Waals surface area contributed by atoms with E-state index < -0.39 is 9.84 Å². The van der Waals surface area contributed by atoms with Gasteiger partial charge in [-0.25, -0.2) is 8.42 Å². The summed E-state index contributed by atoms with van der Waals surface area (Å²) in [5, 5.41) is 0.878. The third-order valence-electron chi connectivity index (χ3n) is 2.55. The lowest BCUT2D eigenvalue weighted by molar-refractivity contribution is -0.135. The van der Waals surface area contributed by atoms with Gasteiger partial charge in [0, 0.05) is 19.0 Å². The van der Waals surface area contributed by atoms with E-state index >= 15 is 0 Å². The standard InChI is InChI=1S/C12H11NO4S/c14-11-6-7-12(15)13(11)8-9-18(16,17)10-4-2-1-3-5-10/h1-5,8-9H,6-7H2/b9-8-. The lowest BCUT2D eigenvalue weighted by atomic mass is 10.4. The van der Waals surface area contributed by atoms with Crippen molar-refractivity contribution in [3.8, 4) is 0 Å². The van der Waals surface area contributed by atoms with Crippen LogP contribution >= 0.6 is 0 Å². The highest BCUT2D eigenvalue weighted by Crippen LogP contribution is 2.15. The normalized spacial score (nSPS) is 16.8. The van der Waals surface area contributed by atoms with Crippen molar-refractivity contribution in [1.29, 1.82) is 0 Å². The van der Waals surface area contributed by atoms with Gasteiger partial charge >= 0.3 is 0 Å². The van der Waals surface area contributed by atoms with Crippen LogP contribution in [0.4, 0.5) is 0 Å². The van der Waals surface area contributed by atoms with E-state index in [1.807, 2.05) is 0 Å². The molecule has 6 heteroatoms. The van der Waals surface area contributed by atoms with E-state index in [1.165, 1.54) is 12.1 Å². The van der Waals surface area contributed by atoms with Crippen molar-refractivity contribution in [2.45, 2.75) is 17.7 Å². The molecule has 94 valence electrons. The molecule has 0 radical (unpaired) electrons. The number of likely N-dealkylation sites (tertiary alicyclic amines) is 1. The Kier molecular flexibility index (Phi) is 3.29. The van der Waals surface area contributed by atoms with E-state index in [2.05, 4.69) is 0 Å². The van der Waals surface area contributed by atoms with Gasteiger partial charge in [0.2, 0.25) is 21.7 Å². The van der Waals surface area contributed by atoms with Crippen molar-refractivity contribution < 1.29 is 18.0 Å². The molecule has 1 saturated heterocycles. The zero-order valence-electron chi connectivity index (χ0n) is 9.44. The smallest absolute Gasteiger partial charge is 0.233 e. The van der Waals surface area contributed by atoms with Crippen LogP contribution in [0.1, 0.15) is 12.8 Å². The Morgan fingerprint density at radius 2 is 1.56 bits per heavy atom. The molecule has 1 aromatic rings. The monoisotopic (exact) mass is 265 g/mol. The lowest BCUT2D eigenvalue weighted by Gasteiger charge is -2.06. The van der Waals surface area contributed by atoms with Gasteiger partial charge in [0.25, 0.3) is 0 Å². The van der Waals surface area contributed by atoms with Crippen molar-refractivity contribution in [1.82, 2.24) is 4.90 Å². The summed E-state index contributed by atoms with van der Waals surface area (Å²) in [5.74, 6) is -0.751. The zero-order chi connectivity index (χ0) is 13.2. The van der Waals surface area contributed by atoms with Gasteiger partial charge in [-0.05, 0) is 12.1 Å². The number of rotatable bonds is 3. The van der Waals surface area contributed by atoms with E-state index in [0.717, 1.165) is 16.5 Å². The second-order valence-electron chi connectivity index (χ2n) is 3.80. The third kappa shape index (κ3) is 2.48. The Morgan fingerprint density at radius 3 is 2.11 bits per heavy atom. The number of imide groups is 1. The molecule has 1 aliphatic rings. The van der Waals surface area contributed by atoms with Gasteiger partial charge in [-0.2, -0.15) is 0 Å². The van der Waals surface area contributed by atoms with Crippen LogP contribution < -0.4 is 0 Å². The fraction of sp³-hybridized carbons (Fsp3) is 0.167. The minimum atomic E-state index is -3.62. The summed E-state index contributed by atoms with van der Waals surface area (Å²) in [7, 11) is -3.62. The average molecular weight is 265 g/mol. The lowest BCUT2D eigenvalue weighted by Crippen LogP contribution is -2.22. The fourth-order valence-corrected chi connectivity index (χ4v) is 2.57. The minimum Gasteiger partial charge on any atom is -0.274 e. The van der Waals surface area contributed by atoms with Gasteiger partial charge < -0.3 is 0 Å². The molecule has 1 aromatic carbocycles. The molecule has 2 amide bonds. The maximum atomic E-state index is 11.9. The van der Waals surface area contributed by atoms with E-state index in [4.69, 9.17) is 0 Å². The molecule has 0 unspecified atom stereocenters. The van der Waals surface area contributed by atoms with Gasteiger partial charge in [-0.1, -0.05) is 18.2 Å². The first-order valence-electron chi connectivity index (χ1n) is 5.34. The van der Waals surface area contributed by atoms with Crippen LogP contribution in [0.2, 0.25) is 0 Å². The molecule has 5 nitrogen and oxygen atoms in total. The summed E-state index contributed by atoms with van der Waals surface area (Å²) in [5.41, 5.74) is 0. The fourth-order valence-electron chi connectivity index (χ4n) is 1.59. The van der Waals surface area contributed by atoms with Gasteiger partial charge in [0.1, 0.15) is 0 Å². The number of hydrogen-bond donors (Lipinski definition) is 0. The van der Waals surface area contributed by atoms with Crippen LogP contribution in [0.5, 0.6) is 0 Å². The van der Waals surface area contributed by atoms with Crippen molar-refractivity contribution in [2.75, 3.05) is 0 Å². The summed E-state index contributed by atoms with van der Waals surface area (Å²) in [6.07, 6.45) is 1.29. The summed E-state index contributed by atoms with van der Waals surface area (Å²) in [6.45, 7) is 0. The largest absolute Gasteiger partial charge is 0.274 e. The quantitative estimate of drug-likeness (QED) is 0.767. The molecule has 0 aromatic heterocycles. The molecule has 1 heterocycles. The molecular formula is C12H11NO4S. The number of carbonyl (C=O) groups excluding carboxylic acids is 2. The number of amides is 2. The van der Waals surface area contributed by atoms with Crippen molar-refractivity contribution >= 4 is 21.7 Å². The zero-order valence-corrected chi connectivity index (χ0v) is 10.3. The number of carbonyl (C=O) groups is 2. The maximum Gasteiger partial charge on any atom is 0.233 e. The van der Waals surface area contributed by atoms with Gasteiger partial charge in [-0.15, -0.1) is 0 Å². The summed E-state index contributed by atoms with van der Waals surface area (Å²) >= 11 is 0. The molecule has 0 atom stereocenters. The Balaban J connectivity index is 2.24. The molecule has 0 aliphatic carbocycles. The van der Waals surface area contributed by atoms with Crippen LogP contribution in [-0.4, -0.2) is 25.1 Å². The van der Waals surface area contributed by atoms with E-state index in [0.29, 0.717) is 0 Å². The predicted molar refractivity (Wildman–Crippen MR) is 63.9 cm³/mol. The van der Waals surface area contributed by atoms with Crippen molar-refractivity contribution in [2.24, 2.45) is 0 Å². The molecule has 1 fully saturated rings. The number of hydrogen-bond acceptors (Lipinski definition) is 4. The third-order valence-corrected chi connectivity index (χ3v) is 3.96. The minimum absolute atomic E-state index is 0.125. The topological polar surface area (TPSA) is 71.5 Å². The van der Waals surface area contributed by atoms with Crippen molar-refractivity contribution in [3.05, 3.63) is 41.9 Å². The van der Waals surface area contributed by atoms with Crippen molar-refractivity contribution in [3.63, 3.8) is 0 Å². The molecule has 0 spiro atoms. The second kappa shape index (κ2) is 4.73. The Bertz CT molecular complexity index is 588. The molecular weight excluding hydrogens is 254 g/mol. The molecule has 0 saturated carbocycles. The summed E-state index contributed by atoms with van der Waals surface area (Å²) in [6, 6.07) is 7.82. The SMILES string of the molecule is O=C1CCC(=O)N1/C=C\S(=O)(=O)c1ccccc1. The van der Waals surface area contributed by atoms with E-state index in [9.17, 15) is 18.0 Å². The van der Waals surface area contributed by atoms with E-state index in [1.54, 1.807) is 18.2 Å². The summed E-state index contributed by atoms with van der Waals surface area (Å²) < 4.78 is 23.7. The van der Waals surface area contributed by atoms with Crippen LogP contribution in [-0.2, 0) is 19.4 Å². The number of nitrogens with zero attached hydrogens (tertiary/aromatic N) is 1. The number of benzene rings is 1. The first-order valence-corrected chi connectivity index (χ1v) is 6.88. The van der Waals surface area contributed by atoms with Gasteiger partial charge in [0.15, 0.2) is 0 Å². The molecule has 2 rings (SSSR count). The number of sulfone groups is 1. The predicted octanol–water partition coefficient (Wildman–Crippen LogP) is 1.08. The first-order chi connectivity index (χ1) is 8.50. The summed E-state index contributed by atoms with van der Waals surface area (Å²) in [4.78, 5) is 23.6. The maximum absolute atomic E-state index is 11.9. The average Bonchev–Trinajstić information content (AvgIpc) is 2.68. The molecule has 18 heavy (non-hydrogen) atoms. The van der Waals surface area contributed by atoms with Gasteiger partial charge in [-0.3, -0.25) is 14.5 Å². The van der Waals surface area contributed by atoms with Crippen LogP contribution in [0.25, 0.3) is 0 Å². The molecule has 0 bridgehead atoms. The Labute approximate surface area is 105 Å². The Morgan fingerprint density at radius 1 is 1.00 bits per heavy atom. The van der Waals surface area contributed by atoms with Crippen LogP contribution in [0.3, 0.4) is 0 Å². The van der Waals surface area contributed by atoms with E-state index in [-0.39, 0.29) is 29.6 Å². The molecule has 0 N–H and O–H groups in total. The highest BCUT2D eigenvalue weighted by Gasteiger charge is 2.27. The Hall–Kier alpha value is -1.95. The van der Waals surface area contributed by atoms with Crippen LogP contribution in [0.15, 0.2) is 46.8 Å². The molecule has 1 aliphatic heterocycles.